The molecule has 4 nitrogen and oxygen atoms in total. The number of nitrogens with two attached hydrogens (primary N) is 1. The van der Waals surface area contributed by atoms with Gasteiger partial charge in [-0.25, -0.2) is 4.98 Å². The lowest BCUT2D eigenvalue weighted by Crippen LogP contribution is -2.06. The van der Waals surface area contributed by atoms with Crippen LogP contribution in [0.5, 0.6) is 0 Å². The predicted octanol–water partition coefficient (Wildman–Crippen LogP) is 0.229. The summed E-state index contributed by atoms with van der Waals surface area (Å²) < 4.78 is 3.95. The Balaban J connectivity index is 2.60. The molecule has 1 heterocycles. The van der Waals surface area contributed by atoms with Crippen molar-refractivity contribution in [2.45, 2.75) is 19.4 Å². The van der Waals surface area contributed by atoms with Crippen molar-refractivity contribution in [3.05, 3.63) is 10.8 Å². The summed E-state index contributed by atoms with van der Waals surface area (Å²) in [5.41, 5.74) is 5.27. The van der Waals surface area contributed by atoms with E-state index >= 15 is 0 Å². The molecule has 5 heteroatoms. The molecule has 0 radical (unpaired) electrons. The quantitative estimate of drug-likeness (QED) is 0.686. The second kappa shape index (κ2) is 3.75. The number of aryl methyl sites for hydroxylation is 1. The summed E-state index contributed by atoms with van der Waals surface area (Å²) in [5.74, 6) is 0.709. The Kier molecular flexibility index (Phi) is 2.92. The maximum Gasteiger partial charge on any atom is 0.142 e. The first kappa shape index (κ1) is 8.58. The zero-order valence-electron chi connectivity index (χ0n) is 6.32. The summed E-state index contributed by atoms with van der Waals surface area (Å²) in [6.45, 7) is 2.27. The molecule has 1 aromatic heterocycles. The third kappa shape index (κ3) is 2.21. The van der Waals surface area contributed by atoms with Gasteiger partial charge in [-0.3, -0.25) is 0 Å². The summed E-state index contributed by atoms with van der Waals surface area (Å²) >= 11 is 1.23. The molecule has 0 aliphatic heterocycles. The first-order valence-electron chi connectivity index (χ1n) is 3.42. The van der Waals surface area contributed by atoms with Gasteiger partial charge in [0.25, 0.3) is 0 Å². The smallest absolute Gasteiger partial charge is 0.142 e. The summed E-state index contributed by atoms with van der Waals surface area (Å²) in [7, 11) is 0. The van der Waals surface area contributed by atoms with Crippen molar-refractivity contribution in [3.63, 3.8) is 0 Å². The average molecular weight is 173 g/mol. The fraction of sp³-hybridized carbons (Fsp3) is 0.667. The van der Waals surface area contributed by atoms with Crippen LogP contribution in [0.3, 0.4) is 0 Å². The van der Waals surface area contributed by atoms with E-state index in [4.69, 9.17) is 5.73 Å². The lowest BCUT2D eigenvalue weighted by Gasteiger charge is -2.02. The van der Waals surface area contributed by atoms with E-state index in [2.05, 4.69) is 9.36 Å². The van der Waals surface area contributed by atoms with Crippen molar-refractivity contribution in [3.8, 4) is 0 Å². The van der Waals surface area contributed by atoms with Gasteiger partial charge >= 0.3 is 0 Å². The highest BCUT2D eigenvalue weighted by Crippen LogP contribution is 2.16. The van der Waals surface area contributed by atoms with Gasteiger partial charge in [0, 0.05) is 0 Å². The van der Waals surface area contributed by atoms with Crippen LogP contribution in [-0.4, -0.2) is 21.0 Å². The number of aromatic nitrogens is 2. The molecular formula is C6H11N3OS. The van der Waals surface area contributed by atoms with E-state index in [1.807, 2.05) is 0 Å². The van der Waals surface area contributed by atoms with Crippen LogP contribution >= 0.6 is 11.5 Å². The molecule has 0 aliphatic carbocycles. The van der Waals surface area contributed by atoms with E-state index in [9.17, 15) is 5.11 Å². The Bertz CT molecular complexity index is 225. The lowest BCUT2D eigenvalue weighted by molar-refractivity contribution is 0.170. The molecule has 3 N–H and O–H groups in total. The maximum atomic E-state index is 9.36. The molecule has 1 unspecified atom stereocenters. The van der Waals surface area contributed by atoms with Crippen LogP contribution in [-0.2, 0) is 0 Å². The maximum absolute atomic E-state index is 9.36. The van der Waals surface area contributed by atoms with Crippen molar-refractivity contribution < 1.29 is 5.11 Å². The third-order valence-electron chi connectivity index (χ3n) is 1.27. The van der Waals surface area contributed by atoms with Gasteiger partial charge in [0.1, 0.15) is 16.9 Å². The van der Waals surface area contributed by atoms with E-state index in [0.717, 1.165) is 0 Å². The van der Waals surface area contributed by atoms with E-state index < -0.39 is 6.10 Å². The van der Waals surface area contributed by atoms with Gasteiger partial charge in [-0.15, -0.1) is 0 Å². The van der Waals surface area contributed by atoms with E-state index in [1.54, 1.807) is 6.92 Å². The second-order valence-corrected chi connectivity index (χ2v) is 3.06. The highest BCUT2D eigenvalue weighted by atomic mass is 32.1. The lowest BCUT2D eigenvalue weighted by atomic mass is 10.3. The molecule has 0 aliphatic rings. The first-order chi connectivity index (χ1) is 5.24. The molecule has 1 atom stereocenters. The Morgan fingerprint density at radius 3 is 2.91 bits per heavy atom. The molecule has 62 valence electrons. The van der Waals surface area contributed by atoms with Crippen molar-refractivity contribution in [2.75, 3.05) is 6.54 Å². The van der Waals surface area contributed by atoms with Gasteiger partial charge < -0.3 is 10.8 Å². The van der Waals surface area contributed by atoms with E-state index in [0.29, 0.717) is 23.8 Å². The molecule has 1 rings (SSSR count). The van der Waals surface area contributed by atoms with Crippen LogP contribution in [0.2, 0.25) is 0 Å². The third-order valence-corrected chi connectivity index (χ3v) is 2.17. The second-order valence-electron chi connectivity index (χ2n) is 2.27. The summed E-state index contributed by atoms with van der Waals surface area (Å²) in [5, 5.41) is 10.0. The van der Waals surface area contributed by atoms with Gasteiger partial charge in [0.15, 0.2) is 0 Å². The van der Waals surface area contributed by atoms with Crippen LogP contribution in [0.1, 0.15) is 23.4 Å². The van der Waals surface area contributed by atoms with Gasteiger partial charge in [-0.05, 0) is 31.4 Å². The Hall–Kier alpha value is -0.520. The summed E-state index contributed by atoms with van der Waals surface area (Å²) in [6.07, 6.45) is 0.0143. The van der Waals surface area contributed by atoms with Crippen LogP contribution in [0.15, 0.2) is 0 Å². The molecular weight excluding hydrogens is 162 g/mol. The molecule has 0 amide bonds. The zero-order chi connectivity index (χ0) is 8.27. The number of rotatable bonds is 3. The van der Waals surface area contributed by atoms with Crippen molar-refractivity contribution in [1.29, 1.82) is 0 Å². The zero-order valence-corrected chi connectivity index (χ0v) is 7.14. The Morgan fingerprint density at radius 2 is 2.45 bits per heavy atom. The number of aliphatic hydroxyl groups excluding tert-OH is 1. The topological polar surface area (TPSA) is 72.0 Å². The first-order valence-corrected chi connectivity index (χ1v) is 4.19. The minimum absolute atomic E-state index is 0.472. The van der Waals surface area contributed by atoms with E-state index in [1.165, 1.54) is 11.5 Å². The van der Waals surface area contributed by atoms with Gasteiger partial charge in [0.2, 0.25) is 0 Å². The number of hydrogen-bond acceptors (Lipinski definition) is 5. The van der Waals surface area contributed by atoms with Crippen molar-refractivity contribution >= 4 is 11.5 Å². The summed E-state index contributed by atoms with van der Waals surface area (Å²) in [6, 6.07) is 0. The molecule has 0 spiro atoms. The fourth-order valence-electron chi connectivity index (χ4n) is 0.730. The largest absolute Gasteiger partial charge is 0.386 e. The molecule has 1 aromatic rings. The van der Waals surface area contributed by atoms with Crippen molar-refractivity contribution in [2.24, 2.45) is 5.73 Å². The number of hydrogen-bond donors (Lipinski definition) is 2. The molecule has 0 saturated carbocycles. The van der Waals surface area contributed by atoms with E-state index in [-0.39, 0.29) is 0 Å². The highest BCUT2D eigenvalue weighted by molar-refractivity contribution is 7.05. The Morgan fingerprint density at radius 1 is 1.73 bits per heavy atom. The summed E-state index contributed by atoms with van der Waals surface area (Å²) in [4.78, 5) is 4.03. The minimum Gasteiger partial charge on any atom is -0.386 e. The molecule has 0 fully saturated rings. The standard InChI is InChI=1S/C6H11N3OS/c1-4-8-6(11-9-4)5(10)2-3-7/h5,10H,2-3,7H2,1H3. The molecule has 0 saturated heterocycles. The fourth-order valence-corrected chi connectivity index (χ4v) is 1.41. The molecule has 0 bridgehead atoms. The van der Waals surface area contributed by atoms with Gasteiger partial charge in [-0.1, -0.05) is 0 Å². The van der Waals surface area contributed by atoms with Gasteiger partial charge in [0.05, 0.1) is 0 Å². The van der Waals surface area contributed by atoms with Crippen LogP contribution in [0.25, 0.3) is 0 Å². The SMILES string of the molecule is Cc1nsc(C(O)CCN)n1. The monoisotopic (exact) mass is 173 g/mol. The van der Waals surface area contributed by atoms with Gasteiger partial charge in [-0.2, -0.15) is 4.37 Å². The average Bonchev–Trinajstić information content (AvgIpc) is 2.36. The number of nitrogens with zero attached hydrogens (tertiary/aromatic N) is 2. The van der Waals surface area contributed by atoms with Crippen LogP contribution < -0.4 is 5.73 Å². The normalized spacial score (nSPS) is 13.4. The molecule has 0 aromatic carbocycles. The minimum atomic E-state index is -0.536. The van der Waals surface area contributed by atoms with Crippen molar-refractivity contribution in [1.82, 2.24) is 9.36 Å². The Labute approximate surface area is 69.2 Å². The van der Waals surface area contributed by atoms with Crippen LogP contribution in [0, 0.1) is 6.92 Å². The van der Waals surface area contributed by atoms with Crippen LogP contribution in [0.4, 0.5) is 0 Å². The highest BCUT2D eigenvalue weighted by Gasteiger charge is 2.10. The number of aliphatic hydroxyl groups is 1. The molecule has 11 heavy (non-hydrogen) atoms. The predicted molar refractivity (Wildman–Crippen MR) is 43.3 cm³/mol.